The van der Waals surface area contributed by atoms with Crippen LogP contribution in [0.1, 0.15) is 11.3 Å². The maximum Gasteiger partial charge on any atom is 0.191 e. The second kappa shape index (κ2) is 10.8. The Balaban J connectivity index is 0.00000312. The SMILES string of the molecule is CN=C(NCc1csc(N(C)C)n1)NCc1cc(Br)ccc1OC.I. The first kappa shape index (κ1) is 22.0. The fourth-order valence-corrected chi connectivity index (χ4v) is 3.21. The van der Waals surface area contributed by atoms with Crippen LogP contribution >= 0.6 is 51.2 Å². The highest BCUT2D eigenvalue weighted by Gasteiger charge is 2.07. The lowest BCUT2D eigenvalue weighted by atomic mass is 10.2. The van der Waals surface area contributed by atoms with Crippen molar-refractivity contribution in [3.8, 4) is 5.75 Å². The van der Waals surface area contributed by atoms with Crippen LogP contribution in [0.4, 0.5) is 5.13 Å². The quantitative estimate of drug-likeness (QED) is 0.334. The molecule has 2 N–H and O–H groups in total. The lowest BCUT2D eigenvalue weighted by molar-refractivity contribution is 0.409. The normalized spacial score (nSPS) is 10.8. The fraction of sp³-hybridized carbons (Fsp3) is 0.375. The maximum atomic E-state index is 5.39. The molecule has 0 atom stereocenters. The predicted molar refractivity (Wildman–Crippen MR) is 120 cm³/mol. The van der Waals surface area contributed by atoms with Gasteiger partial charge in [-0.15, -0.1) is 35.3 Å². The molecule has 1 aromatic carbocycles. The van der Waals surface area contributed by atoms with Gasteiger partial charge in [0.05, 0.1) is 19.3 Å². The van der Waals surface area contributed by atoms with Gasteiger partial charge < -0.3 is 20.3 Å². The van der Waals surface area contributed by atoms with Crippen LogP contribution in [0.25, 0.3) is 0 Å². The molecule has 0 aliphatic carbocycles. The van der Waals surface area contributed by atoms with Crippen molar-refractivity contribution in [3.05, 3.63) is 39.3 Å². The van der Waals surface area contributed by atoms with E-state index in [9.17, 15) is 0 Å². The summed E-state index contributed by atoms with van der Waals surface area (Å²) < 4.78 is 6.40. The zero-order valence-electron chi connectivity index (χ0n) is 14.7. The molecule has 9 heteroatoms. The van der Waals surface area contributed by atoms with Gasteiger partial charge in [-0.2, -0.15) is 0 Å². The van der Waals surface area contributed by atoms with Gasteiger partial charge in [0.15, 0.2) is 11.1 Å². The highest BCUT2D eigenvalue weighted by Crippen LogP contribution is 2.22. The summed E-state index contributed by atoms with van der Waals surface area (Å²) in [5.74, 6) is 1.56. The topological polar surface area (TPSA) is 61.8 Å². The molecule has 0 saturated carbocycles. The molecule has 1 heterocycles. The van der Waals surface area contributed by atoms with Gasteiger partial charge in [-0.25, -0.2) is 4.98 Å². The molecule has 1 aromatic heterocycles. The van der Waals surface area contributed by atoms with E-state index < -0.39 is 0 Å². The predicted octanol–water partition coefficient (Wildman–Crippen LogP) is 3.46. The number of methoxy groups -OCH3 is 1. The van der Waals surface area contributed by atoms with Gasteiger partial charge in [0, 0.05) is 43.1 Å². The summed E-state index contributed by atoms with van der Waals surface area (Å²) in [5, 5.41) is 9.61. The monoisotopic (exact) mass is 539 g/mol. The molecular formula is C16H23BrIN5OS. The van der Waals surface area contributed by atoms with Gasteiger partial charge in [-0.3, -0.25) is 4.99 Å². The van der Waals surface area contributed by atoms with Gasteiger partial charge in [0.1, 0.15) is 5.75 Å². The Bertz CT molecular complexity index is 708. The molecule has 6 nitrogen and oxygen atoms in total. The van der Waals surface area contributed by atoms with Crippen LogP contribution < -0.4 is 20.3 Å². The van der Waals surface area contributed by atoms with Crippen LogP contribution in [0.2, 0.25) is 0 Å². The molecule has 2 aromatic rings. The maximum absolute atomic E-state index is 5.39. The second-order valence-electron chi connectivity index (χ2n) is 5.25. The molecule has 0 spiro atoms. The number of thiazole rings is 1. The fourth-order valence-electron chi connectivity index (χ4n) is 2.04. The van der Waals surface area contributed by atoms with Crippen LogP contribution in [0.5, 0.6) is 5.75 Å². The summed E-state index contributed by atoms with van der Waals surface area (Å²) in [4.78, 5) is 10.8. The number of hydrogen-bond acceptors (Lipinski definition) is 5. The number of nitrogens with zero attached hydrogens (tertiary/aromatic N) is 3. The first-order chi connectivity index (χ1) is 11.5. The number of halogens is 2. The number of benzene rings is 1. The first-order valence-electron chi connectivity index (χ1n) is 7.42. The van der Waals surface area contributed by atoms with E-state index in [1.54, 1.807) is 25.5 Å². The third-order valence-electron chi connectivity index (χ3n) is 3.27. The van der Waals surface area contributed by atoms with Gasteiger partial charge in [-0.1, -0.05) is 15.9 Å². The highest BCUT2D eigenvalue weighted by atomic mass is 127. The average molecular weight is 540 g/mol. The van der Waals surface area contributed by atoms with E-state index in [1.807, 2.05) is 42.6 Å². The lowest BCUT2D eigenvalue weighted by Gasteiger charge is -2.13. The Kier molecular flexibility index (Phi) is 9.51. The van der Waals surface area contributed by atoms with E-state index in [1.165, 1.54) is 0 Å². The molecule has 0 unspecified atom stereocenters. The minimum atomic E-state index is 0. The number of hydrogen-bond donors (Lipinski definition) is 2. The summed E-state index contributed by atoms with van der Waals surface area (Å²) in [6, 6.07) is 5.93. The largest absolute Gasteiger partial charge is 0.496 e. The number of nitrogens with one attached hydrogen (secondary N) is 2. The van der Waals surface area contributed by atoms with Crippen LogP contribution in [-0.2, 0) is 13.1 Å². The lowest BCUT2D eigenvalue weighted by Crippen LogP contribution is -2.36. The summed E-state index contributed by atoms with van der Waals surface area (Å²) in [6.07, 6.45) is 0. The van der Waals surface area contributed by atoms with Crippen molar-refractivity contribution in [1.82, 2.24) is 15.6 Å². The Morgan fingerprint density at radius 3 is 2.64 bits per heavy atom. The van der Waals surface area contributed by atoms with E-state index >= 15 is 0 Å². The van der Waals surface area contributed by atoms with E-state index in [4.69, 9.17) is 4.74 Å². The molecule has 138 valence electrons. The van der Waals surface area contributed by atoms with Crippen molar-refractivity contribution in [2.24, 2.45) is 4.99 Å². The number of aromatic nitrogens is 1. The standard InChI is InChI=1S/C16H22BrN5OS.HI/c1-18-15(20-9-13-10-24-16(21-13)22(2)3)19-8-11-7-12(17)5-6-14(11)23-4;/h5-7,10H,8-9H2,1-4H3,(H2,18,19,20);1H. The first-order valence-corrected chi connectivity index (χ1v) is 9.09. The molecule has 0 aliphatic heterocycles. The van der Waals surface area contributed by atoms with Crippen LogP contribution in [0, 0.1) is 0 Å². The zero-order chi connectivity index (χ0) is 17.5. The van der Waals surface area contributed by atoms with Crippen LogP contribution in [0.3, 0.4) is 0 Å². The minimum Gasteiger partial charge on any atom is -0.496 e. The van der Waals surface area contributed by atoms with Gasteiger partial charge in [-0.05, 0) is 18.2 Å². The van der Waals surface area contributed by atoms with Crippen molar-refractivity contribution >= 4 is 62.3 Å². The van der Waals surface area contributed by atoms with Crippen molar-refractivity contribution < 1.29 is 4.74 Å². The summed E-state index contributed by atoms with van der Waals surface area (Å²) in [5.41, 5.74) is 2.05. The molecule has 25 heavy (non-hydrogen) atoms. The Hall–Kier alpha value is -1.07. The molecule has 0 fully saturated rings. The number of guanidine groups is 1. The summed E-state index contributed by atoms with van der Waals surface area (Å²) in [7, 11) is 7.40. The Morgan fingerprint density at radius 1 is 1.32 bits per heavy atom. The van der Waals surface area contributed by atoms with Gasteiger partial charge >= 0.3 is 0 Å². The van der Waals surface area contributed by atoms with Crippen molar-refractivity contribution in [3.63, 3.8) is 0 Å². The van der Waals surface area contributed by atoms with Gasteiger partial charge in [0.2, 0.25) is 0 Å². The molecule has 0 bridgehead atoms. The summed E-state index contributed by atoms with van der Waals surface area (Å²) in [6.45, 7) is 1.24. The Morgan fingerprint density at radius 2 is 2.04 bits per heavy atom. The number of anilines is 1. The molecular weight excluding hydrogens is 517 g/mol. The van der Waals surface area contributed by atoms with E-state index in [0.717, 1.165) is 32.6 Å². The zero-order valence-corrected chi connectivity index (χ0v) is 19.4. The van der Waals surface area contributed by atoms with Crippen molar-refractivity contribution in [2.75, 3.05) is 33.2 Å². The number of ether oxygens (including phenoxy) is 1. The van der Waals surface area contributed by atoms with Crippen LogP contribution in [0.15, 0.2) is 33.0 Å². The van der Waals surface area contributed by atoms with E-state index in [2.05, 4.69) is 36.5 Å². The summed E-state index contributed by atoms with van der Waals surface area (Å²) >= 11 is 5.11. The third-order valence-corrected chi connectivity index (χ3v) is 4.82. The second-order valence-corrected chi connectivity index (χ2v) is 7.00. The third kappa shape index (κ3) is 6.63. The van der Waals surface area contributed by atoms with Gasteiger partial charge in [0.25, 0.3) is 0 Å². The van der Waals surface area contributed by atoms with Crippen molar-refractivity contribution in [2.45, 2.75) is 13.1 Å². The average Bonchev–Trinajstić information content (AvgIpc) is 3.04. The molecule has 0 amide bonds. The van der Waals surface area contributed by atoms with Crippen LogP contribution in [-0.4, -0.2) is 39.2 Å². The highest BCUT2D eigenvalue weighted by molar-refractivity contribution is 14.0. The van der Waals surface area contributed by atoms with E-state index in [-0.39, 0.29) is 24.0 Å². The molecule has 0 aliphatic rings. The molecule has 0 radical (unpaired) electrons. The minimum absolute atomic E-state index is 0. The molecule has 2 rings (SSSR count). The van der Waals surface area contributed by atoms with E-state index in [0.29, 0.717) is 13.1 Å². The number of rotatable bonds is 6. The van der Waals surface area contributed by atoms with Crippen molar-refractivity contribution in [1.29, 1.82) is 0 Å². The Labute approximate surface area is 178 Å². The smallest absolute Gasteiger partial charge is 0.191 e. The molecule has 0 saturated heterocycles. The number of aliphatic imine (C=N–C) groups is 1.